The molecule has 0 saturated carbocycles. The molecule has 1 N–H and O–H groups in total. The van der Waals surface area contributed by atoms with Crippen molar-refractivity contribution >= 4 is 40.0 Å². The van der Waals surface area contributed by atoms with E-state index in [1.54, 1.807) is 0 Å². The van der Waals surface area contributed by atoms with Crippen LogP contribution in [0.2, 0.25) is 0 Å². The molecular formula is C26H26N4O4S. The van der Waals surface area contributed by atoms with E-state index in [-0.39, 0.29) is 12.7 Å². The SMILES string of the molecule is CN1CCC(N(C)c2nc3cc(NC(=O)c4ccc(-c5ccc6c(c5)OCO6)s4)ccc3o2)CC1. The maximum Gasteiger partial charge on any atom is 0.298 e. The lowest BCUT2D eigenvalue weighted by Crippen LogP contribution is -2.42. The minimum absolute atomic E-state index is 0.159. The average Bonchev–Trinajstić information content (AvgIpc) is 3.62. The Kier molecular flexibility index (Phi) is 5.58. The summed E-state index contributed by atoms with van der Waals surface area (Å²) in [5.41, 5.74) is 3.11. The number of ether oxygens (including phenoxy) is 2. The van der Waals surface area contributed by atoms with Gasteiger partial charge in [-0.15, -0.1) is 11.3 Å². The molecule has 0 unspecified atom stereocenters. The quantitative estimate of drug-likeness (QED) is 0.418. The number of anilines is 2. The first-order valence-corrected chi connectivity index (χ1v) is 12.5. The molecule has 1 fully saturated rings. The fourth-order valence-electron chi connectivity index (χ4n) is 4.54. The molecule has 0 radical (unpaired) electrons. The minimum Gasteiger partial charge on any atom is -0.454 e. The van der Waals surface area contributed by atoms with Crippen molar-refractivity contribution in [2.75, 3.05) is 44.2 Å². The number of thiophene rings is 1. The van der Waals surface area contributed by atoms with Crippen molar-refractivity contribution in [1.29, 1.82) is 0 Å². The Morgan fingerprint density at radius 1 is 1.09 bits per heavy atom. The Morgan fingerprint density at radius 3 is 2.77 bits per heavy atom. The second-order valence-corrected chi connectivity index (χ2v) is 10.1. The molecule has 1 amide bonds. The average molecular weight is 491 g/mol. The number of nitrogens with zero attached hydrogens (tertiary/aromatic N) is 3. The zero-order valence-corrected chi connectivity index (χ0v) is 20.4. The van der Waals surface area contributed by atoms with Crippen LogP contribution in [0.3, 0.4) is 0 Å². The molecule has 6 rings (SSSR count). The van der Waals surface area contributed by atoms with Gasteiger partial charge in [0.15, 0.2) is 17.1 Å². The van der Waals surface area contributed by atoms with Gasteiger partial charge in [0.2, 0.25) is 6.79 Å². The normalized spacial score (nSPS) is 16.1. The third-order valence-corrected chi connectivity index (χ3v) is 7.79. The van der Waals surface area contributed by atoms with Crippen molar-refractivity contribution < 1.29 is 18.7 Å². The highest BCUT2D eigenvalue weighted by Gasteiger charge is 2.24. The first-order chi connectivity index (χ1) is 17.0. The van der Waals surface area contributed by atoms with Crippen LogP contribution in [0.15, 0.2) is 52.9 Å². The summed E-state index contributed by atoms with van der Waals surface area (Å²) < 4.78 is 16.9. The summed E-state index contributed by atoms with van der Waals surface area (Å²) in [4.78, 5) is 23.7. The smallest absolute Gasteiger partial charge is 0.298 e. The molecule has 9 heteroatoms. The summed E-state index contributed by atoms with van der Waals surface area (Å²) in [5, 5.41) is 2.99. The number of hydrogen-bond donors (Lipinski definition) is 1. The lowest BCUT2D eigenvalue weighted by Gasteiger charge is -2.34. The summed E-state index contributed by atoms with van der Waals surface area (Å²) in [5.74, 6) is 1.31. The number of piperidine rings is 1. The fraction of sp³-hybridized carbons (Fsp3) is 0.308. The van der Waals surface area contributed by atoms with Crippen LogP contribution in [0.5, 0.6) is 11.5 Å². The first kappa shape index (κ1) is 21.9. The van der Waals surface area contributed by atoms with E-state index in [4.69, 9.17) is 18.9 Å². The van der Waals surface area contributed by atoms with Gasteiger partial charge in [0.25, 0.3) is 11.9 Å². The van der Waals surface area contributed by atoms with Gasteiger partial charge in [-0.1, -0.05) is 0 Å². The van der Waals surface area contributed by atoms with E-state index in [0.29, 0.717) is 28.2 Å². The number of benzene rings is 2. The van der Waals surface area contributed by atoms with Gasteiger partial charge in [-0.2, -0.15) is 4.98 Å². The highest BCUT2D eigenvalue weighted by atomic mass is 32.1. The number of likely N-dealkylation sites (tertiary alicyclic amines) is 1. The zero-order chi connectivity index (χ0) is 23.9. The van der Waals surface area contributed by atoms with Gasteiger partial charge in [0, 0.05) is 23.7 Å². The lowest BCUT2D eigenvalue weighted by molar-refractivity contribution is 0.103. The number of fused-ring (bicyclic) bond motifs is 2. The zero-order valence-electron chi connectivity index (χ0n) is 19.6. The van der Waals surface area contributed by atoms with Gasteiger partial charge in [0.05, 0.1) is 4.88 Å². The molecule has 35 heavy (non-hydrogen) atoms. The Bertz CT molecular complexity index is 1390. The van der Waals surface area contributed by atoms with Gasteiger partial charge in [-0.3, -0.25) is 4.79 Å². The van der Waals surface area contributed by atoms with Crippen LogP contribution in [0.4, 0.5) is 11.7 Å². The van der Waals surface area contributed by atoms with Crippen LogP contribution in [0.25, 0.3) is 21.5 Å². The molecule has 4 heterocycles. The number of oxazole rings is 1. The van der Waals surface area contributed by atoms with Crippen LogP contribution >= 0.6 is 11.3 Å². The van der Waals surface area contributed by atoms with Crippen molar-refractivity contribution in [2.45, 2.75) is 18.9 Å². The fourth-order valence-corrected chi connectivity index (χ4v) is 5.44. The largest absolute Gasteiger partial charge is 0.454 e. The van der Waals surface area contributed by atoms with Crippen molar-refractivity contribution in [3.63, 3.8) is 0 Å². The Labute approximate surface area is 207 Å². The molecule has 4 aromatic rings. The van der Waals surface area contributed by atoms with Crippen LogP contribution in [-0.2, 0) is 0 Å². The summed E-state index contributed by atoms with van der Waals surface area (Å²) in [6.07, 6.45) is 2.17. The van der Waals surface area contributed by atoms with Crippen LogP contribution in [0.1, 0.15) is 22.5 Å². The molecule has 0 spiro atoms. The number of carbonyl (C=O) groups is 1. The predicted molar refractivity (Wildman–Crippen MR) is 137 cm³/mol. The molecule has 0 aliphatic carbocycles. The van der Waals surface area contributed by atoms with E-state index in [1.807, 2.05) is 55.6 Å². The topological polar surface area (TPSA) is 80.1 Å². The van der Waals surface area contributed by atoms with Gasteiger partial charge in [-0.05, 0) is 87.1 Å². The molecular weight excluding hydrogens is 464 g/mol. The highest BCUT2D eigenvalue weighted by Crippen LogP contribution is 2.38. The molecule has 180 valence electrons. The molecule has 2 aromatic carbocycles. The summed E-state index contributed by atoms with van der Waals surface area (Å²) in [6.45, 7) is 2.39. The molecule has 2 aliphatic rings. The van der Waals surface area contributed by atoms with Gasteiger partial charge in [-0.25, -0.2) is 0 Å². The number of carbonyl (C=O) groups excluding carboxylic acids is 1. The molecule has 0 bridgehead atoms. The number of aromatic nitrogens is 1. The van der Waals surface area contributed by atoms with E-state index in [1.165, 1.54) is 11.3 Å². The summed E-state index contributed by atoms with van der Waals surface area (Å²) in [6, 6.07) is 16.2. The van der Waals surface area contributed by atoms with Crippen molar-refractivity contribution in [1.82, 2.24) is 9.88 Å². The van der Waals surface area contributed by atoms with E-state index in [0.717, 1.165) is 53.4 Å². The highest BCUT2D eigenvalue weighted by molar-refractivity contribution is 7.17. The van der Waals surface area contributed by atoms with Gasteiger partial charge < -0.3 is 29.0 Å². The standard InChI is InChI=1S/C26H26N4O4S/c1-29-11-9-18(10-12-29)30(2)26-28-19-14-17(4-6-20(19)34-26)27-25(31)24-8-7-23(35-24)16-3-5-21-22(13-16)33-15-32-21/h3-8,13-14,18H,9-12,15H2,1-2H3,(H,27,31). The van der Waals surface area contributed by atoms with E-state index < -0.39 is 0 Å². The first-order valence-electron chi connectivity index (χ1n) is 11.7. The van der Waals surface area contributed by atoms with Crippen molar-refractivity contribution in [3.05, 3.63) is 53.4 Å². The van der Waals surface area contributed by atoms with Gasteiger partial charge in [0.1, 0.15) is 5.52 Å². The third kappa shape index (κ3) is 4.33. The number of amides is 1. The third-order valence-electron chi connectivity index (χ3n) is 6.66. The molecule has 2 aliphatic heterocycles. The Balaban J connectivity index is 1.16. The molecule has 8 nitrogen and oxygen atoms in total. The van der Waals surface area contributed by atoms with E-state index >= 15 is 0 Å². The second-order valence-electron chi connectivity index (χ2n) is 9.01. The van der Waals surface area contributed by atoms with Crippen molar-refractivity contribution in [3.8, 4) is 21.9 Å². The lowest BCUT2D eigenvalue weighted by atomic mass is 10.0. The number of hydrogen-bond acceptors (Lipinski definition) is 8. The number of rotatable bonds is 5. The molecule has 0 atom stereocenters. The van der Waals surface area contributed by atoms with E-state index in [2.05, 4.69) is 22.2 Å². The number of nitrogens with one attached hydrogen (secondary N) is 1. The van der Waals surface area contributed by atoms with Gasteiger partial charge >= 0.3 is 0 Å². The summed E-state index contributed by atoms with van der Waals surface area (Å²) in [7, 11) is 4.19. The van der Waals surface area contributed by atoms with Crippen LogP contribution in [-0.4, -0.2) is 55.8 Å². The maximum absolute atomic E-state index is 12.9. The second kappa shape index (κ2) is 8.90. The minimum atomic E-state index is -0.159. The molecule has 1 saturated heterocycles. The van der Waals surface area contributed by atoms with Crippen LogP contribution < -0.4 is 19.7 Å². The Hall–Kier alpha value is -3.56. The van der Waals surface area contributed by atoms with E-state index in [9.17, 15) is 4.79 Å². The monoisotopic (exact) mass is 490 g/mol. The predicted octanol–water partition coefficient (Wildman–Crippen LogP) is 5.07. The van der Waals surface area contributed by atoms with Crippen molar-refractivity contribution in [2.24, 2.45) is 0 Å². The molecule has 2 aromatic heterocycles. The summed E-state index contributed by atoms with van der Waals surface area (Å²) >= 11 is 1.43. The van der Waals surface area contributed by atoms with Crippen LogP contribution in [0, 0.1) is 0 Å². The maximum atomic E-state index is 12.9. The Morgan fingerprint density at radius 2 is 1.91 bits per heavy atom.